The van der Waals surface area contributed by atoms with Gasteiger partial charge < -0.3 is 14.6 Å². The molecule has 0 bridgehead atoms. The molecule has 1 heterocycles. The van der Waals surface area contributed by atoms with E-state index >= 15 is 0 Å². The largest absolute Gasteiger partial charge is 0.467 e. The average Bonchev–Trinajstić information content (AvgIpc) is 3.39. The molecule has 5 nitrogen and oxygen atoms in total. The Morgan fingerprint density at radius 3 is 2.15 bits per heavy atom. The molecule has 0 spiro atoms. The Balaban J connectivity index is 1.67. The zero-order valence-corrected chi connectivity index (χ0v) is 18.6. The van der Waals surface area contributed by atoms with Gasteiger partial charge in [0, 0.05) is 6.54 Å². The van der Waals surface area contributed by atoms with Crippen molar-refractivity contribution in [1.82, 2.24) is 10.2 Å². The molecule has 0 saturated heterocycles. The highest BCUT2D eigenvalue weighted by molar-refractivity contribution is 5.89. The molecular weight excluding hydrogens is 431 g/mol. The normalized spacial score (nSPS) is 11.6. The van der Waals surface area contributed by atoms with Crippen LogP contribution in [0.3, 0.4) is 0 Å². The van der Waals surface area contributed by atoms with Crippen LogP contribution in [0.4, 0.5) is 4.39 Å². The quantitative estimate of drug-likeness (QED) is 0.384. The van der Waals surface area contributed by atoms with Crippen molar-refractivity contribution in [2.24, 2.45) is 0 Å². The fraction of sp³-hybridized carbons (Fsp3) is 0.143. The Bertz CT molecular complexity index is 1190. The van der Waals surface area contributed by atoms with Crippen molar-refractivity contribution in [3.63, 3.8) is 0 Å². The van der Waals surface area contributed by atoms with E-state index < -0.39 is 6.04 Å². The molecule has 6 heteroatoms. The van der Waals surface area contributed by atoms with Crippen LogP contribution in [-0.4, -0.2) is 16.7 Å². The van der Waals surface area contributed by atoms with Crippen LogP contribution in [0.25, 0.3) is 0 Å². The summed E-state index contributed by atoms with van der Waals surface area (Å²) in [5, 5.41) is 2.89. The van der Waals surface area contributed by atoms with Gasteiger partial charge in [0.05, 0.1) is 19.2 Å². The van der Waals surface area contributed by atoms with Crippen LogP contribution in [0.1, 0.15) is 28.5 Å². The predicted octanol–water partition coefficient (Wildman–Crippen LogP) is 5.05. The summed E-state index contributed by atoms with van der Waals surface area (Å²) < 4.78 is 18.8. The maximum absolute atomic E-state index is 13.6. The zero-order chi connectivity index (χ0) is 23.8. The molecular formula is C28H25FN2O3. The molecule has 4 aromatic rings. The van der Waals surface area contributed by atoms with Crippen molar-refractivity contribution in [1.29, 1.82) is 0 Å². The van der Waals surface area contributed by atoms with Gasteiger partial charge in [0.25, 0.3) is 0 Å². The number of amides is 2. The van der Waals surface area contributed by atoms with Crippen LogP contribution >= 0.6 is 0 Å². The lowest BCUT2D eigenvalue weighted by Crippen LogP contribution is -2.43. The van der Waals surface area contributed by atoms with Crippen LogP contribution in [0.15, 0.2) is 108 Å². The lowest BCUT2D eigenvalue weighted by Gasteiger charge is -2.31. The number of furan rings is 1. The number of nitrogens with zero attached hydrogens (tertiary/aromatic N) is 1. The third-order valence-corrected chi connectivity index (χ3v) is 5.48. The molecule has 0 unspecified atom stereocenters. The van der Waals surface area contributed by atoms with E-state index in [2.05, 4.69) is 5.32 Å². The maximum Gasteiger partial charge on any atom is 0.247 e. The van der Waals surface area contributed by atoms with Crippen molar-refractivity contribution in [3.05, 3.63) is 132 Å². The van der Waals surface area contributed by atoms with Crippen LogP contribution in [0.2, 0.25) is 0 Å². The minimum atomic E-state index is -0.877. The Hall–Kier alpha value is -4.19. The molecule has 0 radical (unpaired) electrons. The number of hydrogen-bond acceptors (Lipinski definition) is 3. The second-order valence-corrected chi connectivity index (χ2v) is 7.92. The summed E-state index contributed by atoms with van der Waals surface area (Å²) in [5.41, 5.74) is 2.25. The van der Waals surface area contributed by atoms with E-state index in [9.17, 15) is 14.0 Å². The highest BCUT2D eigenvalue weighted by Gasteiger charge is 2.31. The molecule has 0 fully saturated rings. The number of carbonyl (C=O) groups is 2. The first kappa shape index (κ1) is 23.0. The van der Waals surface area contributed by atoms with Crippen LogP contribution in [0.5, 0.6) is 0 Å². The zero-order valence-electron chi connectivity index (χ0n) is 18.6. The van der Waals surface area contributed by atoms with Crippen LogP contribution in [-0.2, 0) is 29.1 Å². The molecule has 0 saturated carbocycles. The fourth-order valence-corrected chi connectivity index (χ4v) is 3.77. The molecule has 1 N–H and O–H groups in total. The predicted molar refractivity (Wildman–Crippen MR) is 127 cm³/mol. The first-order chi connectivity index (χ1) is 16.6. The Morgan fingerprint density at radius 1 is 0.824 bits per heavy atom. The highest BCUT2D eigenvalue weighted by Crippen LogP contribution is 2.25. The molecule has 1 atom stereocenters. The number of halogens is 1. The molecule has 172 valence electrons. The van der Waals surface area contributed by atoms with E-state index in [0.717, 1.165) is 11.1 Å². The summed E-state index contributed by atoms with van der Waals surface area (Å²) in [6.45, 7) is 0.353. The third-order valence-electron chi connectivity index (χ3n) is 5.48. The van der Waals surface area contributed by atoms with Gasteiger partial charge in [-0.3, -0.25) is 9.59 Å². The van der Waals surface area contributed by atoms with Gasteiger partial charge in [-0.1, -0.05) is 72.8 Å². The molecule has 4 rings (SSSR count). The SMILES string of the molecule is O=C(NCc1ccco1)[C@H](c1ccccc1)N(Cc1ccc(F)cc1)C(=O)Cc1ccccc1. The summed E-state index contributed by atoms with van der Waals surface area (Å²) in [6.07, 6.45) is 1.68. The first-order valence-corrected chi connectivity index (χ1v) is 11.0. The van der Waals surface area contributed by atoms with E-state index in [1.807, 2.05) is 60.7 Å². The van der Waals surface area contributed by atoms with Gasteiger partial charge in [0.1, 0.15) is 17.6 Å². The summed E-state index contributed by atoms with van der Waals surface area (Å²) >= 11 is 0. The van der Waals surface area contributed by atoms with E-state index in [4.69, 9.17) is 4.42 Å². The summed E-state index contributed by atoms with van der Waals surface area (Å²) in [7, 11) is 0. The minimum Gasteiger partial charge on any atom is -0.467 e. The number of carbonyl (C=O) groups excluding carboxylic acids is 2. The van der Waals surface area contributed by atoms with Gasteiger partial charge in [-0.05, 0) is 41.0 Å². The Morgan fingerprint density at radius 2 is 1.50 bits per heavy atom. The summed E-state index contributed by atoms with van der Waals surface area (Å²) in [5.74, 6) is -0.286. The first-order valence-electron chi connectivity index (χ1n) is 11.0. The highest BCUT2D eigenvalue weighted by atomic mass is 19.1. The van der Waals surface area contributed by atoms with Gasteiger partial charge in [-0.25, -0.2) is 4.39 Å². The third kappa shape index (κ3) is 5.98. The Kier molecular flexibility index (Phi) is 7.50. The number of benzene rings is 3. The number of nitrogens with one attached hydrogen (secondary N) is 1. The van der Waals surface area contributed by atoms with E-state index in [0.29, 0.717) is 11.3 Å². The topological polar surface area (TPSA) is 62.6 Å². The monoisotopic (exact) mass is 456 g/mol. The lowest BCUT2D eigenvalue weighted by molar-refractivity contribution is -0.141. The second-order valence-electron chi connectivity index (χ2n) is 7.92. The molecule has 2 amide bonds. The molecule has 0 aliphatic heterocycles. The van der Waals surface area contributed by atoms with Crippen molar-refractivity contribution < 1.29 is 18.4 Å². The van der Waals surface area contributed by atoms with Crippen molar-refractivity contribution in [3.8, 4) is 0 Å². The van der Waals surface area contributed by atoms with E-state index in [1.54, 1.807) is 35.4 Å². The van der Waals surface area contributed by atoms with Gasteiger partial charge in [0.15, 0.2) is 0 Å². The average molecular weight is 457 g/mol. The molecule has 0 aliphatic carbocycles. The second kappa shape index (κ2) is 11.1. The molecule has 34 heavy (non-hydrogen) atoms. The maximum atomic E-state index is 13.6. The molecule has 3 aromatic carbocycles. The van der Waals surface area contributed by atoms with Gasteiger partial charge in [-0.15, -0.1) is 0 Å². The molecule has 0 aliphatic rings. The Labute approximate surface area is 197 Å². The van der Waals surface area contributed by atoms with Gasteiger partial charge in [-0.2, -0.15) is 0 Å². The van der Waals surface area contributed by atoms with Crippen molar-refractivity contribution in [2.75, 3.05) is 0 Å². The number of rotatable bonds is 9. The molecule has 1 aromatic heterocycles. The van der Waals surface area contributed by atoms with E-state index in [1.165, 1.54) is 12.1 Å². The minimum absolute atomic E-state index is 0.136. The standard InChI is InChI=1S/C28H25FN2O3/c29-24-15-13-22(14-16-24)20-31(26(32)18-21-8-3-1-4-9-21)27(23-10-5-2-6-11-23)28(33)30-19-25-12-7-17-34-25/h1-17,27H,18-20H2,(H,30,33)/t27-/m0/s1. The van der Waals surface area contributed by atoms with Crippen LogP contribution < -0.4 is 5.32 Å². The van der Waals surface area contributed by atoms with E-state index in [-0.39, 0.29) is 37.1 Å². The van der Waals surface area contributed by atoms with Crippen molar-refractivity contribution in [2.45, 2.75) is 25.6 Å². The van der Waals surface area contributed by atoms with Crippen molar-refractivity contribution >= 4 is 11.8 Å². The van der Waals surface area contributed by atoms with Crippen LogP contribution in [0, 0.1) is 5.82 Å². The summed E-state index contributed by atoms with van der Waals surface area (Å²) in [6, 6.07) is 27.2. The fourth-order valence-electron chi connectivity index (χ4n) is 3.77. The lowest BCUT2D eigenvalue weighted by atomic mass is 10.0. The van der Waals surface area contributed by atoms with Gasteiger partial charge in [0.2, 0.25) is 11.8 Å². The van der Waals surface area contributed by atoms with Gasteiger partial charge >= 0.3 is 0 Å². The smallest absolute Gasteiger partial charge is 0.247 e. The summed E-state index contributed by atoms with van der Waals surface area (Å²) in [4.78, 5) is 28.6. The number of hydrogen-bond donors (Lipinski definition) is 1.